The number of guanidine groups is 1. The zero-order valence-electron chi connectivity index (χ0n) is 18.1. The third kappa shape index (κ3) is 6.74. The molecule has 6 nitrogen and oxygen atoms in total. The third-order valence-electron chi connectivity index (χ3n) is 6.36. The van der Waals surface area contributed by atoms with Gasteiger partial charge >= 0.3 is 0 Å². The van der Waals surface area contributed by atoms with Crippen LogP contribution in [0.4, 0.5) is 0 Å². The van der Waals surface area contributed by atoms with Gasteiger partial charge in [0.1, 0.15) is 0 Å². The molecule has 0 bridgehead atoms. The van der Waals surface area contributed by atoms with Crippen LogP contribution in [-0.4, -0.2) is 75.0 Å². The van der Waals surface area contributed by atoms with E-state index < -0.39 is 0 Å². The van der Waals surface area contributed by atoms with Gasteiger partial charge < -0.3 is 20.4 Å². The molecule has 29 heavy (non-hydrogen) atoms. The number of likely N-dealkylation sites (tertiary alicyclic amines) is 2. The topological polar surface area (TPSA) is 60.0 Å². The van der Waals surface area contributed by atoms with Crippen LogP contribution in [0.5, 0.6) is 0 Å². The SMILES string of the molecule is CN=C(NCC1CCN(CCc2ccccc2)C1)N1CCC(CC(=O)NC)CC1. The lowest BCUT2D eigenvalue weighted by atomic mass is 9.93. The first-order valence-electron chi connectivity index (χ1n) is 11.1. The molecule has 1 amide bonds. The van der Waals surface area contributed by atoms with Crippen molar-refractivity contribution >= 4 is 11.9 Å². The zero-order chi connectivity index (χ0) is 20.5. The summed E-state index contributed by atoms with van der Waals surface area (Å²) in [5.74, 6) is 2.36. The van der Waals surface area contributed by atoms with E-state index in [0.29, 0.717) is 18.3 Å². The highest BCUT2D eigenvalue weighted by molar-refractivity contribution is 5.80. The van der Waals surface area contributed by atoms with Gasteiger partial charge in [0.15, 0.2) is 5.96 Å². The molecule has 2 aliphatic heterocycles. The van der Waals surface area contributed by atoms with Gasteiger partial charge in [-0.3, -0.25) is 9.79 Å². The fourth-order valence-corrected chi connectivity index (χ4v) is 4.50. The standard InChI is InChI=1S/C23H37N5O/c1-24-22(29)16-20-10-14-28(15-11-20)23(25-2)26-17-21-9-13-27(18-21)12-8-19-6-4-3-5-7-19/h3-7,20-21H,8-18H2,1-2H3,(H,24,29)(H,25,26). The second-order valence-electron chi connectivity index (χ2n) is 8.43. The largest absolute Gasteiger partial charge is 0.359 e. The van der Waals surface area contributed by atoms with Crippen molar-refractivity contribution in [3.8, 4) is 0 Å². The molecule has 1 atom stereocenters. The lowest BCUT2D eigenvalue weighted by molar-refractivity contribution is -0.121. The molecule has 160 valence electrons. The van der Waals surface area contributed by atoms with Crippen LogP contribution in [0.1, 0.15) is 31.2 Å². The fraction of sp³-hybridized carbons (Fsp3) is 0.652. The second-order valence-corrected chi connectivity index (χ2v) is 8.43. The van der Waals surface area contributed by atoms with Crippen molar-refractivity contribution in [3.05, 3.63) is 35.9 Å². The van der Waals surface area contributed by atoms with Gasteiger partial charge in [0, 0.05) is 53.2 Å². The number of amides is 1. The minimum Gasteiger partial charge on any atom is -0.359 e. The van der Waals surface area contributed by atoms with Gasteiger partial charge in [-0.15, -0.1) is 0 Å². The molecule has 0 saturated carbocycles. The fourth-order valence-electron chi connectivity index (χ4n) is 4.50. The minimum absolute atomic E-state index is 0.156. The number of carbonyl (C=O) groups excluding carboxylic acids is 1. The molecule has 2 N–H and O–H groups in total. The highest BCUT2D eigenvalue weighted by Gasteiger charge is 2.25. The van der Waals surface area contributed by atoms with E-state index in [1.54, 1.807) is 7.05 Å². The van der Waals surface area contributed by atoms with Crippen LogP contribution in [0.25, 0.3) is 0 Å². The van der Waals surface area contributed by atoms with Gasteiger partial charge in [0.05, 0.1) is 0 Å². The highest BCUT2D eigenvalue weighted by atomic mass is 16.1. The van der Waals surface area contributed by atoms with E-state index in [1.165, 1.54) is 25.1 Å². The Hall–Kier alpha value is -2.08. The Morgan fingerprint density at radius 1 is 1.10 bits per heavy atom. The first-order valence-corrected chi connectivity index (χ1v) is 11.1. The molecule has 6 heteroatoms. The maximum absolute atomic E-state index is 11.6. The number of nitrogens with one attached hydrogen (secondary N) is 2. The first kappa shape index (κ1) is 21.6. The van der Waals surface area contributed by atoms with Crippen molar-refractivity contribution in [1.82, 2.24) is 20.4 Å². The average Bonchev–Trinajstić information content (AvgIpc) is 3.22. The van der Waals surface area contributed by atoms with E-state index >= 15 is 0 Å². The number of rotatable bonds is 7. The molecule has 2 saturated heterocycles. The second kappa shape index (κ2) is 11.2. The van der Waals surface area contributed by atoms with Crippen LogP contribution >= 0.6 is 0 Å². The van der Waals surface area contributed by atoms with Gasteiger partial charge in [-0.05, 0) is 49.6 Å². The summed E-state index contributed by atoms with van der Waals surface area (Å²) in [6, 6.07) is 10.8. The van der Waals surface area contributed by atoms with Gasteiger partial charge in [0.2, 0.25) is 5.91 Å². The summed E-state index contributed by atoms with van der Waals surface area (Å²) in [7, 11) is 3.59. The molecule has 1 aromatic carbocycles. The Morgan fingerprint density at radius 2 is 1.83 bits per heavy atom. The zero-order valence-corrected chi connectivity index (χ0v) is 18.1. The Balaban J connectivity index is 1.35. The molecule has 2 fully saturated rings. The summed E-state index contributed by atoms with van der Waals surface area (Å²) >= 11 is 0. The molecule has 1 aromatic rings. The number of nitrogens with zero attached hydrogens (tertiary/aromatic N) is 3. The predicted octanol–water partition coefficient (Wildman–Crippen LogP) is 1.97. The van der Waals surface area contributed by atoms with Crippen LogP contribution in [0.15, 0.2) is 35.3 Å². The minimum atomic E-state index is 0.156. The number of hydrogen-bond acceptors (Lipinski definition) is 3. The molecule has 0 radical (unpaired) electrons. The summed E-state index contributed by atoms with van der Waals surface area (Å²) in [5, 5.41) is 6.35. The lowest BCUT2D eigenvalue weighted by Crippen LogP contribution is -2.47. The molecular weight excluding hydrogens is 362 g/mol. The van der Waals surface area contributed by atoms with Gasteiger partial charge in [-0.25, -0.2) is 0 Å². The Bertz CT molecular complexity index is 654. The molecule has 0 aromatic heterocycles. The molecule has 2 heterocycles. The molecule has 2 aliphatic rings. The van der Waals surface area contributed by atoms with Gasteiger partial charge in [0.25, 0.3) is 0 Å². The first-order chi connectivity index (χ1) is 14.2. The van der Waals surface area contributed by atoms with Crippen molar-refractivity contribution in [1.29, 1.82) is 0 Å². The van der Waals surface area contributed by atoms with E-state index in [2.05, 4.69) is 55.8 Å². The maximum Gasteiger partial charge on any atom is 0.220 e. The third-order valence-corrected chi connectivity index (χ3v) is 6.36. The van der Waals surface area contributed by atoms with Crippen molar-refractivity contribution in [2.75, 3.05) is 53.4 Å². The normalized spacial score (nSPS) is 21.4. The number of carbonyl (C=O) groups is 1. The summed E-state index contributed by atoms with van der Waals surface area (Å²) in [6.45, 7) is 6.47. The van der Waals surface area contributed by atoms with Gasteiger partial charge in [-0.2, -0.15) is 0 Å². The Kier molecular flexibility index (Phi) is 8.35. The predicted molar refractivity (Wildman–Crippen MR) is 119 cm³/mol. The van der Waals surface area contributed by atoms with E-state index in [1.807, 2.05) is 7.05 Å². The van der Waals surface area contributed by atoms with Crippen LogP contribution in [0, 0.1) is 11.8 Å². The van der Waals surface area contributed by atoms with Crippen molar-refractivity contribution in [2.45, 2.75) is 32.1 Å². The van der Waals surface area contributed by atoms with E-state index in [4.69, 9.17) is 0 Å². The Labute approximate surface area is 175 Å². The van der Waals surface area contributed by atoms with Crippen molar-refractivity contribution < 1.29 is 4.79 Å². The van der Waals surface area contributed by atoms with Crippen LogP contribution in [0.2, 0.25) is 0 Å². The summed E-state index contributed by atoms with van der Waals surface area (Å²) < 4.78 is 0. The summed E-state index contributed by atoms with van der Waals surface area (Å²) in [6.07, 6.45) is 5.16. The average molecular weight is 400 g/mol. The molecule has 1 unspecified atom stereocenters. The van der Waals surface area contributed by atoms with Crippen molar-refractivity contribution in [2.24, 2.45) is 16.8 Å². The number of aliphatic imine (C=N–C) groups is 1. The number of benzene rings is 1. The maximum atomic E-state index is 11.6. The number of piperidine rings is 1. The highest BCUT2D eigenvalue weighted by Crippen LogP contribution is 2.21. The van der Waals surface area contributed by atoms with Crippen LogP contribution in [-0.2, 0) is 11.2 Å². The molecule has 0 spiro atoms. The molecule has 0 aliphatic carbocycles. The summed E-state index contributed by atoms with van der Waals surface area (Å²) in [4.78, 5) is 21.0. The van der Waals surface area contributed by atoms with Gasteiger partial charge in [-0.1, -0.05) is 30.3 Å². The van der Waals surface area contributed by atoms with Crippen molar-refractivity contribution in [3.63, 3.8) is 0 Å². The quantitative estimate of drug-likeness (QED) is 0.544. The summed E-state index contributed by atoms with van der Waals surface area (Å²) in [5.41, 5.74) is 1.43. The molecular formula is C23H37N5O. The van der Waals surface area contributed by atoms with E-state index in [9.17, 15) is 4.79 Å². The van der Waals surface area contributed by atoms with E-state index in [-0.39, 0.29) is 5.91 Å². The Morgan fingerprint density at radius 3 is 2.52 bits per heavy atom. The van der Waals surface area contributed by atoms with Crippen LogP contribution < -0.4 is 10.6 Å². The molecule has 3 rings (SSSR count). The smallest absolute Gasteiger partial charge is 0.220 e. The lowest BCUT2D eigenvalue weighted by Gasteiger charge is -2.34. The number of hydrogen-bond donors (Lipinski definition) is 2. The van der Waals surface area contributed by atoms with Crippen LogP contribution in [0.3, 0.4) is 0 Å². The monoisotopic (exact) mass is 399 g/mol. The van der Waals surface area contributed by atoms with E-state index in [0.717, 1.165) is 51.4 Å².